The zero-order valence-corrected chi connectivity index (χ0v) is 12.5. The molecule has 3 rings (SSSR count). The SMILES string of the molecule is COc1cc(C(F)(F)F)ccc1-c1ncnc2cc(C)ccc12. The number of alkyl halides is 3. The largest absolute Gasteiger partial charge is 0.496 e. The van der Waals surface area contributed by atoms with Gasteiger partial charge in [0.15, 0.2) is 0 Å². The van der Waals surface area contributed by atoms with Gasteiger partial charge in [0, 0.05) is 10.9 Å². The lowest BCUT2D eigenvalue weighted by Crippen LogP contribution is -2.05. The number of hydrogen-bond donors (Lipinski definition) is 0. The Morgan fingerprint density at radius 3 is 2.48 bits per heavy atom. The van der Waals surface area contributed by atoms with Gasteiger partial charge in [0.1, 0.15) is 12.1 Å². The number of methoxy groups -OCH3 is 1. The van der Waals surface area contributed by atoms with Crippen LogP contribution in [0, 0.1) is 6.92 Å². The first-order chi connectivity index (χ1) is 10.9. The number of fused-ring (bicyclic) bond motifs is 1. The van der Waals surface area contributed by atoms with Crippen molar-refractivity contribution in [3.05, 3.63) is 53.9 Å². The number of aromatic nitrogens is 2. The first-order valence-electron chi connectivity index (χ1n) is 6.87. The molecule has 0 radical (unpaired) electrons. The summed E-state index contributed by atoms with van der Waals surface area (Å²) >= 11 is 0. The van der Waals surface area contributed by atoms with Gasteiger partial charge in [-0.1, -0.05) is 12.1 Å². The maximum atomic E-state index is 12.9. The molecule has 23 heavy (non-hydrogen) atoms. The monoisotopic (exact) mass is 318 g/mol. The van der Waals surface area contributed by atoms with E-state index in [4.69, 9.17) is 4.74 Å². The summed E-state index contributed by atoms with van der Waals surface area (Å²) in [4.78, 5) is 8.44. The van der Waals surface area contributed by atoms with Gasteiger partial charge < -0.3 is 4.74 Å². The van der Waals surface area contributed by atoms with Crippen LogP contribution in [0.25, 0.3) is 22.2 Å². The third-order valence-corrected chi connectivity index (χ3v) is 3.58. The van der Waals surface area contributed by atoms with Crippen molar-refractivity contribution >= 4 is 10.9 Å². The predicted molar refractivity (Wildman–Crippen MR) is 81.3 cm³/mol. The lowest BCUT2D eigenvalue weighted by atomic mass is 10.0. The van der Waals surface area contributed by atoms with E-state index in [1.165, 1.54) is 19.5 Å². The van der Waals surface area contributed by atoms with Crippen LogP contribution < -0.4 is 4.74 Å². The molecule has 3 nitrogen and oxygen atoms in total. The molecule has 0 fully saturated rings. The zero-order valence-electron chi connectivity index (χ0n) is 12.5. The number of aryl methyl sites for hydroxylation is 1. The molecule has 0 unspecified atom stereocenters. The van der Waals surface area contributed by atoms with Gasteiger partial charge in [-0.2, -0.15) is 13.2 Å². The van der Waals surface area contributed by atoms with Crippen molar-refractivity contribution in [3.8, 4) is 17.0 Å². The Balaban J connectivity index is 2.23. The molecule has 0 aliphatic heterocycles. The van der Waals surface area contributed by atoms with Crippen LogP contribution in [-0.2, 0) is 6.18 Å². The summed E-state index contributed by atoms with van der Waals surface area (Å²) in [6.45, 7) is 1.94. The fourth-order valence-electron chi connectivity index (χ4n) is 2.44. The van der Waals surface area contributed by atoms with Crippen molar-refractivity contribution in [3.63, 3.8) is 0 Å². The lowest BCUT2D eigenvalue weighted by molar-refractivity contribution is -0.137. The van der Waals surface area contributed by atoms with Crippen LogP contribution in [0.15, 0.2) is 42.7 Å². The Morgan fingerprint density at radius 2 is 1.78 bits per heavy atom. The van der Waals surface area contributed by atoms with E-state index < -0.39 is 11.7 Å². The molecule has 1 aromatic heterocycles. The van der Waals surface area contributed by atoms with Crippen molar-refractivity contribution in [1.29, 1.82) is 0 Å². The Labute approximate surface area is 130 Å². The van der Waals surface area contributed by atoms with E-state index >= 15 is 0 Å². The van der Waals surface area contributed by atoms with E-state index in [-0.39, 0.29) is 5.75 Å². The molecule has 3 aromatic rings. The van der Waals surface area contributed by atoms with Gasteiger partial charge in [0.25, 0.3) is 0 Å². The quantitative estimate of drug-likeness (QED) is 0.691. The number of halogens is 3. The van der Waals surface area contributed by atoms with Crippen molar-refractivity contribution < 1.29 is 17.9 Å². The summed E-state index contributed by atoms with van der Waals surface area (Å²) in [5.41, 5.74) is 2.06. The van der Waals surface area contributed by atoms with Crippen LogP contribution in [-0.4, -0.2) is 17.1 Å². The molecular formula is C17H13F3N2O. The maximum Gasteiger partial charge on any atom is 0.416 e. The molecule has 0 bridgehead atoms. The minimum Gasteiger partial charge on any atom is -0.496 e. The second-order valence-electron chi connectivity index (χ2n) is 5.16. The first kappa shape index (κ1) is 15.3. The van der Waals surface area contributed by atoms with Gasteiger partial charge >= 0.3 is 6.18 Å². The highest BCUT2D eigenvalue weighted by Crippen LogP contribution is 2.38. The van der Waals surface area contributed by atoms with E-state index in [2.05, 4.69) is 9.97 Å². The van der Waals surface area contributed by atoms with Crippen LogP contribution in [0.1, 0.15) is 11.1 Å². The average molecular weight is 318 g/mol. The summed E-state index contributed by atoms with van der Waals surface area (Å²) in [6, 6.07) is 9.06. The Hall–Kier alpha value is -2.63. The predicted octanol–water partition coefficient (Wildman–Crippen LogP) is 4.63. The number of benzene rings is 2. The highest BCUT2D eigenvalue weighted by molar-refractivity contribution is 5.93. The maximum absolute atomic E-state index is 12.9. The van der Waals surface area contributed by atoms with Crippen LogP contribution in [0.3, 0.4) is 0 Å². The molecule has 118 valence electrons. The highest BCUT2D eigenvalue weighted by Gasteiger charge is 2.31. The number of ether oxygens (including phenoxy) is 1. The molecule has 0 saturated heterocycles. The third kappa shape index (κ3) is 2.84. The molecule has 0 spiro atoms. The molecule has 2 aromatic carbocycles. The molecule has 0 N–H and O–H groups in total. The Morgan fingerprint density at radius 1 is 1.00 bits per heavy atom. The molecule has 0 aliphatic carbocycles. The number of nitrogens with zero attached hydrogens (tertiary/aromatic N) is 2. The summed E-state index contributed by atoms with van der Waals surface area (Å²) < 4.78 is 43.7. The van der Waals surface area contributed by atoms with Crippen molar-refractivity contribution in [1.82, 2.24) is 9.97 Å². The van der Waals surface area contributed by atoms with Crippen LogP contribution >= 0.6 is 0 Å². The Bertz CT molecular complexity index is 875. The van der Waals surface area contributed by atoms with Gasteiger partial charge in [-0.05, 0) is 36.8 Å². The van der Waals surface area contributed by atoms with Crippen molar-refractivity contribution in [2.24, 2.45) is 0 Å². The van der Waals surface area contributed by atoms with Gasteiger partial charge in [0.2, 0.25) is 0 Å². The molecule has 0 aliphatic rings. The minimum atomic E-state index is -4.42. The molecule has 0 atom stereocenters. The zero-order chi connectivity index (χ0) is 16.6. The van der Waals surface area contributed by atoms with Crippen LogP contribution in [0.5, 0.6) is 5.75 Å². The Kier molecular flexibility index (Phi) is 3.67. The van der Waals surface area contributed by atoms with Gasteiger partial charge in [-0.25, -0.2) is 9.97 Å². The van der Waals surface area contributed by atoms with E-state index in [0.29, 0.717) is 11.3 Å². The van der Waals surface area contributed by atoms with Crippen molar-refractivity contribution in [2.45, 2.75) is 13.1 Å². The smallest absolute Gasteiger partial charge is 0.416 e. The third-order valence-electron chi connectivity index (χ3n) is 3.58. The molecule has 1 heterocycles. The second-order valence-corrected chi connectivity index (χ2v) is 5.16. The number of rotatable bonds is 2. The van der Waals surface area contributed by atoms with E-state index in [0.717, 1.165) is 28.6 Å². The molecular weight excluding hydrogens is 305 g/mol. The fourth-order valence-corrected chi connectivity index (χ4v) is 2.44. The van der Waals surface area contributed by atoms with E-state index in [1.54, 1.807) is 0 Å². The molecule has 0 saturated carbocycles. The summed E-state index contributed by atoms with van der Waals surface area (Å²) in [6.07, 6.45) is -3.02. The van der Waals surface area contributed by atoms with Gasteiger partial charge in [0.05, 0.1) is 23.9 Å². The first-order valence-corrected chi connectivity index (χ1v) is 6.87. The highest BCUT2D eigenvalue weighted by atomic mass is 19.4. The van der Waals surface area contributed by atoms with Crippen molar-refractivity contribution in [2.75, 3.05) is 7.11 Å². The summed E-state index contributed by atoms with van der Waals surface area (Å²) in [5, 5.41) is 0.760. The lowest BCUT2D eigenvalue weighted by Gasteiger charge is -2.13. The van der Waals surface area contributed by atoms with Crippen LogP contribution in [0.2, 0.25) is 0 Å². The average Bonchev–Trinajstić information content (AvgIpc) is 2.52. The second kappa shape index (κ2) is 5.53. The van der Waals surface area contributed by atoms with Gasteiger partial charge in [-0.3, -0.25) is 0 Å². The van der Waals surface area contributed by atoms with Gasteiger partial charge in [-0.15, -0.1) is 0 Å². The number of hydrogen-bond acceptors (Lipinski definition) is 3. The standard InChI is InChI=1S/C17H13F3N2O/c1-10-3-5-12-14(7-10)21-9-22-16(12)13-6-4-11(17(18,19)20)8-15(13)23-2/h3-9H,1-2H3. The minimum absolute atomic E-state index is 0.125. The summed E-state index contributed by atoms with van der Waals surface area (Å²) in [5.74, 6) is 0.125. The fraction of sp³-hybridized carbons (Fsp3) is 0.176. The topological polar surface area (TPSA) is 35.0 Å². The van der Waals surface area contributed by atoms with E-state index in [1.807, 2.05) is 25.1 Å². The summed E-state index contributed by atoms with van der Waals surface area (Å²) in [7, 11) is 1.34. The normalized spacial score (nSPS) is 11.7. The molecule has 0 amide bonds. The van der Waals surface area contributed by atoms with E-state index in [9.17, 15) is 13.2 Å². The molecule has 6 heteroatoms. The van der Waals surface area contributed by atoms with Crippen LogP contribution in [0.4, 0.5) is 13.2 Å².